The summed E-state index contributed by atoms with van der Waals surface area (Å²) in [7, 11) is 0. The van der Waals surface area contributed by atoms with Gasteiger partial charge in [0.2, 0.25) is 0 Å². The van der Waals surface area contributed by atoms with E-state index in [2.05, 4.69) is 22.5 Å². The molecule has 0 saturated carbocycles. The van der Waals surface area contributed by atoms with Gasteiger partial charge < -0.3 is 5.11 Å². The number of rotatable bonds is 3. The molecule has 0 unspecified atom stereocenters. The molecule has 0 atom stereocenters. The van der Waals surface area contributed by atoms with Crippen molar-refractivity contribution in [2.45, 2.75) is 6.42 Å². The highest BCUT2D eigenvalue weighted by molar-refractivity contribution is 9.11. The molecule has 1 aromatic heterocycles. The molecular formula is C8H9BrOS. The molecule has 0 aliphatic carbocycles. The van der Waals surface area contributed by atoms with Crippen molar-refractivity contribution in [1.29, 1.82) is 0 Å². The predicted molar refractivity (Wildman–Crippen MR) is 52.8 cm³/mol. The quantitative estimate of drug-likeness (QED) is 0.850. The first-order chi connectivity index (χ1) is 5.24. The molecule has 1 aromatic rings. The second-order valence-electron chi connectivity index (χ2n) is 2.18. The van der Waals surface area contributed by atoms with Crippen LogP contribution in [-0.4, -0.2) is 11.7 Å². The summed E-state index contributed by atoms with van der Waals surface area (Å²) in [6, 6.07) is 4.00. The van der Waals surface area contributed by atoms with Crippen molar-refractivity contribution in [3.05, 3.63) is 27.4 Å². The summed E-state index contributed by atoms with van der Waals surface area (Å²) < 4.78 is 1.10. The van der Waals surface area contributed by atoms with Gasteiger partial charge in [0.25, 0.3) is 0 Å². The summed E-state index contributed by atoms with van der Waals surface area (Å²) in [5.41, 5.74) is 1.00. The van der Waals surface area contributed by atoms with Crippen molar-refractivity contribution in [2.75, 3.05) is 6.61 Å². The fraction of sp³-hybridized carbons (Fsp3) is 0.250. The van der Waals surface area contributed by atoms with Crippen LogP contribution >= 0.6 is 27.3 Å². The van der Waals surface area contributed by atoms with Crippen LogP contribution in [0.5, 0.6) is 0 Å². The summed E-state index contributed by atoms with van der Waals surface area (Å²) in [4.78, 5) is 1.14. The van der Waals surface area contributed by atoms with Crippen molar-refractivity contribution < 1.29 is 5.11 Å². The van der Waals surface area contributed by atoms with E-state index in [0.717, 1.165) is 14.2 Å². The SMILES string of the molecule is C=C(CCO)c1ccc(Br)s1. The first kappa shape index (κ1) is 8.97. The van der Waals surface area contributed by atoms with Crippen LogP contribution in [0.25, 0.3) is 5.57 Å². The Morgan fingerprint density at radius 2 is 2.36 bits per heavy atom. The fourth-order valence-corrected chi connectivity index (χ4v) is 2.15. The summed E-state index contributed by atoms with van der Waals surface area (Å²) in [5, 5.41) is 8.64. The highest BCUT2D eigenvalue weighted by Crippen LogP contribution is 2.28. The van der Waals surface area contributed by atoms with Crippen LogP contribution in [0.15, 0.2) is 22.5 Å². The molecule has 0 fully saturated rings. The van der Waals surface area contributed by atoms with E-state index in [1.165, 1.54) is 0 Å². The molecule has 0 saturated heterocycles. The molecular weight excluding hydrogens is 224 g/mol. The van der Waals surface area contributed by atoms with Crippen molar-refractivity contribution in [2.24, 2.45) is 0 Å². The van der Waals surface area contributed by atoms with Gasteiger partial charge in [0, 0.05) is 11.5 Å². The lowest BCUT2D eigenvalue weighted by Gasteiger charge is -1.97. The Balaban J connectivity index is 2.69. The van der Waals surface area contributed by atoms with E-state index >= 15 is 0 Å². The van der Waals surface area contributed by atoms with E-state index in [4.69, 9.17) is 5.11 Å². The average Bonchev–Trinajstić information content (AvgIpc) is 2.36. The van der Waals surface area contributed by atoms with Gasteiger partial charge in [-0.1, -0.05) is 6.58 Å². The molecule has 0 radical (unpaired) electrons. The minimum absolute atomic E-state index is 0.175. The smallest absolute Gasteiger partial charge is 0.0704 e. The molecule has 3 heteroatoms. The molecule has 11 heavy (non-hydrogen) atoms. The summed E-state index contributed by atoms with van der Waals surface area (Å²) in [6.07, 6.45) is 0.660. The lowest BCUT2D eigenvalue weighted by molar-refractivity contribution is 0.305. The zero-order valence-electron chi connectivity index (χ0n) is 6.01. The largest absolute Gasteiger partial charge is 0.396 e. The molecule has 1 N–H and O–H groups in total. The maximum Gasteiger partial charge on any atom is 0.0704 e. The fourth-order valence-electron chi connectivity index (χ4n) is 0.762. The maximum absolute atomic E-state index is 8.64. The summed E-state index contributed by atoms with van der Waals surface area (Å²) in [6.45, 7) is 4.03. The molecule has 0 spiro atoms. The van der Waals surface area contributed by atoms with Crippen LogP contribution in [0.4, 0.5) is 0 Å². The summed E-state index contributed by atoms with van der Waals surface area (Å²) >= 11 is 5.01. The number of hydrogen-bond donors (Lipinski definition) is 1. The lowest BCUT2D eigenvalue weighted by Crippen LogP contribution is -1.83. The number of hydrogen-bond acceptors (Lipinski definition) is 2. The Hall–Kier alpha value is -0.120. The van der Waals surface area contributed by atoms with Gasteiger partial charge in [-0.05, 0) is 40.1 Å². The number of aliphatic hydroxyl groups excluding tert-OH is 1. The molecule has 0 aromatic carbocycles. The Labute approximate surface area is 78.5 Å². The maximum atomic E-state index is 8.64. The van der Waals surface area contributed by atoms with Crippen LogP contribution in [0.1, 0.15) is 11.3 Å². The normalized spacial score (nSPS) is 10.0. The summed E-state index contributed by atoms with van der Waals surface area (Å²) in [5.74, 6) is 0. The minimum atomic E-state index is 0.175. The second-order valence-corrected chi connectivity index (χ2v) is 4.64. The Bertz CT molecular complexity index is 254. The van der Waals surface area contributed by atoms with Crippen molar-refractivity contribution in [1.82, 2.24) is 0 Å². The molecule has 1 heterocycles. The van der Waals surface area contributed by atoms with Gasteiger partial charge in [-0.3, -0.25) is 0 Å². The van der Waals surface area contributed by atoms with Gasteiger partial charge in [-0.25, -0.2) is 0 Å². The van der Waals surface area contributed by atoms with Gasteiger partial charge in [0.1, 0.15) is 0 Å². The third kappa shape index (κ3) is 2.43. The molecule has 60 valence electrons. The van der Waals surface area contributed by atoms with Gasteiger partial charge >= 0.3 is 0 Å². The number of halogens is 1. The number of thiophene rings is 1. The van der Waals surface area contributed by atoms with E-state index in [-0.39, 0.29) is 6.61 Å². The molecule has 0 aliphatic rings. The highest BCUT2D eigenvalue weighted by atomic mass is 79.9. The van der Waals surface area contributed by atoms with Crippen LogP contribution in [0, 0.1) is 0 Å². The Morgan fingerprint density at radius 3 is 2.82 bits per heavy atom. The second kappa shape index (κ2) is 4.04. The standard InChI is InChI=1S/C8H9BrOS/c1-6(4-5-10)7-2-3-8(9)11-7/h2-3,10H,1,4-5H2. The van der Waals surface area contributed by atoms with E-state index in [1.807, 2.05) is 12.1 Å². The van der Waals surface area contributed by atoms with E-state index in [1.54, 1.807) is 11.3 Å². The Kier molecular flexibility index (Phi) is 3.30. The van der Waals surface area contributed by atoms with Gasteiger partial charge in [-0.15, -0.1) is 11.3 Å². The van der Waals surface area contributed by atoms with Crippen LogP contribution in [0.2, 0.25) is 0 Å². The first-order valence-electron chi connectivity index (χ1n) is 3.28. The van der Waals surface area contributed by atoms with Crippen LogP contribution in [0.3, 0.4) is 0 Å². The van der Waals surface area contributed by atoms with Crippen LogP contribution < -0.4 is 0 Å². The zero-order chi connectivity index (χ0) is 8.27. The van der Waals surface area contributed by atoms with E-state index in [9.17, 15) is 0 Å². The third-order valence-electron chi connectivity index (χ3n) is 1.34. The van der Waals surface area contributed by atoms with Crippen LogP contribution in [-0.2, 0) is 0 Å². The van der Waals surface area contributed by atoms with Crippen molar-refractivity contribution in [3.63, 3.8) is 0 Å². The van der Waals surface area contributed by atoms with Gasteiger partial charge in [0.05, 0.1) is 3.79 Å². The highest BCUT2D eigenvalue weighted by Gasteiger charge is 2.00. The predicted octanol–water partition coefficient (Wildman–Crippen LogP) is 2.91. The van der Waals surface area contributed by atoms with Gasteiger partial charge in [0.15, 0.2) is 0 Å². The zero-order valence-corrected chi connectivity index (χ0v) is 8.41. The molecule has 1 rings (SSSR count). The Morgan fingerprint density at radius 1 is 1.64 bits per heavy atom. The topological polar surface area (TPSA) is 20.2 Å². The molecule has 1 nitrogen and oxygen atoms in total. The molecule has 0 amide bonds. The minimum Gasteiger partial charge on any atom is -0.396 e. The van der Waals surface area contributed by atoms with E-state index < -0.39 is 0 Å². The van der Waals surface area contributed by atoms with E-state index in [0.29, 0.717) is 6.42 Å². The number of aliphatic hydroxyl groups is 1. The van der Waals surface area contributed by atoms with Crippen molar-refractivity contribution in [3.8, 4) is 0 Å². The van der Waals surface area contributed by atoms with Crippen molar-refractivity contribution >= 4 is 32.8 Å². The first-order valence-corrected chi connectivity index (χ1v) is 4.89. The van der Waals surface area contributed by atoms with Gasteiger partial charge in [-0.2, -0.15) is 0 Å². The lowest BCUT2D eigenvalue weighted by atomic mass is 10.2. The average molecular weight is 233 g/mol. The molecule has 0 aliphatic heterocycles. The third-order valence-corrected chi connectivity index (χ3v) is 3.06. The molecule has 0 bridgehead atoms. The monoisotopic (exact) mass is 232 g/mol.